The third-order valence-electron chi connectivity index (χ3n) is 3.87. The molecule has 0 aliphatic carbocycles. The molecule has 0 bridgehead atoms. The molecule has 1 N–H and O–H groups in total. The predicted molar refractivity (Wildman–Crippen MR) is 100.0 cm³/mol. The molecule has 2 aromatic carbocycles. The Morgan fingerprint density at radius 1 is 1.00 bits per heavy atom. The monoisotopic (exact) mass is 371 g/mol. The van der Waals surface area contributed by atoms with E-state index in [0.29, 0.717) is 18.2 Å². The lowest BCUT2D eigenvalue weighted by Crippen LogP contribution is -2.27. The van der Waals surface area contributed by atoms with Gasteiger partial charge in [0.05, 0.1) is 5.75 Å². The van der Waals surface area contributed by atoms with Crippen LogP contribution in [0.3, 0.4) is 0 Å². The molecule has 0 fully saturated rings. The minimum Gasteiger partial charge on any atom is -0.421 e. The van der Waals surface area contributed by atoms with E-state index >= 15 is 0 Å². The number of rotatable bonds is 7. The molecule has 3 rings (SSSR count). The molecule has 0 radical (unpaired) electrons. The summed E-state index contributed by atoms with van der Waals surface area (Å²) < 4.78 is 32.5. The Bertz CT molecular complexity index is 979. The zero-order valence-corrected chi connectivity index (χ0v) is 15.6. The number of benzene rings is 2. The fourth-order valence-corrected chi connectivity index (χ4v) is 3.66. The number of hydrogen-bond donors (Lipinski definition) is 1. The topological polar surface area (TPSA) is 85.1 Å². The van der Waals surface area contributed by atoms with Crippen LogP contribution >= 0.6 is 0 Å². The van der Waals surface area contributed by atoms with Gasteiger partial charge in [0.15, 0.2) is 0 Å². The second kappa shape index (κ2) is 7.80. The maximum Gasteiger partial charge on any atom is 0.247 e. The molecule has 1 aromatic heterocycles. The number of aryl methyl sites for hydroxylation is 2. The van der Waals surface area contributed by atoms with Crippen LogP contribution in [0.15, 0.2) is 52.9 Å². The molecule has 0 saturated carbocycles. The molecule has 0 aliphatic heterocycles. The zero-order chi connectivity index (χ0) is 18.6. The molecule has 136 valence electrons. The highest BCUT2D eigenvalue weighted by Gasteiger charge is 2.13. The van der Waals surface area contributed by atoms with Crippen LogP contribution in [-0.4, -0.2) is 25.2 Å². The van der Waals surface area contributed by atoms with E-state index in [1.807, 2.05) is 62.4 Å². The summed E-state index contributed by atoms with van der Waals surface area (Å²) in [6, 6.07) is 15.2. The first-order valence-electron chi connectivity index (χ1n) is 8.33. The minimum absolute atomic E-state index is 0.0499. The summed E-state index contributed by atoms with van der Waals surface area (Å²) >= 11 is 0. The number of nitrogens with zero attached hydrogens (tertiary/aromatic N) is 2. The van der Waals surface area contributed by atoms with Crippen LogP contribution in [0, 0.1) is 13.8 Å². The van der Waals surface area contributed by atoms with E-state index in [9.17, 15) is 8.42 Å². The second-order valence-corrected chi connectivity index (χ2v) is 8.07. The summed E-state index contributed by atoms with van der Waals surface area (Å²) in [5.41, 5.74) is 3.80. The quantitative estimate of drug-likeness (QED) is 0.690. The van der Waals surface area contributed by atoms with Gasteiger partial charge in [-0.15, -0.1) is 10.2 Å². The molecule has 6 nitrogen and oxygen atoms in total. The molecular formula is C19H21N3O3S. The largest absolute Gasteiger partial charge is 0.421 e. The van der Waals surface area contributed by atoms with Gasteiger partial charge in [-0.3, -0.25) is 0 Å². The van der Waals surface area contributed by atoms with Crippen LogP contribution in [-0.2, 0) is 22.2 Å². The van der Waals surface area contributed by atoms with E-state index < -0.39 is 10.0 Å². The van der Waals surface area contributed by atoms with E-state index in [2.05, 4.69) is 14.9 Å². The Balaban J connectivity index is 1.55. The maximum absolute atomic E-state index is 12.2. The summed E-state index contributed by atoms with van der Waals surface area (Å²) in [6.45, 7) is 4.17. The van der Waals surface area contributed by atoms with Gasteiger partial charge in [-0.1, -0.05) is 47.5 Å². The van der Waals surface area contributed by atoms with Gasteiger partial charge in [0.2, 0.25) is 21.8 Å². The number of hydrogen-bond acceptors (Lipinski definition) is 5. The SMILES string of the molecule is Cc1ccc(CS(=O)(=O)NCCc2nnc(-c3cccc(C)c3)o2)cc1. The van der Waals surface area contributed by atoms with Crippen molar-refractivity contribution in [3.05, 3.63) is 71.1 Å². The number of nitrogens with one attached hydrogen (secondary N) is 1. The maximum atomic E-state index is 12.2. The highest BCUT2D eigenvalue weighted by atomic mass is 32.2. The van der Waals surface area contributed by atoms with Crippen molar-refractivity contribution in [2.45, 2.75) is 26.0 Å². The molecule has 0 atom stereocenters. The normalized spacial score (nSPS) is 11.6. The molecular weight excluding hydrogens is 350 g/mol. The van der Waals surface area contributed by atoms with Crippen molar-refractivity contribution in [2.75, 3.05) is 6.54 Å². The fraction of sp³-hybridized carbons (Fsp3) is 0.263. The summed E-state index contributed by atoms with van der Waals surface area (Å²) in [5, 5.41) is 8.01. The van der Waals surface area contributed by atoms with Crippen molar-refractivity contribution < 1.29 is 12.8 Å². The van der Waals surface area contributed by atoms with E-state index in [-0.39, 0.29) is 12.3 Å². The lowest BCUT2D eigenvalue weighted by atomic mass is 10.1. The van der Waals surface area contributed by atoms with Gasteiger partial charge in [-0.25, -0.2) is 13.1 Å². The Hall–Kier alpha value is -2.51. The number of sulfonamides is 1. The molecule has 7 heteroatoms. The van der Waals surface area contributed by atoms with Crippen LogP contribution in [0.4, 0.5) is 0 Å². The van der Waals surface area contributed by atoms with E-state index in [4.69, 9.17) is 4.42 Å². The molecule has 0 aliphatic rings. The van der Waals surface area contributed by atoms with Gasteiger partial charge in [-0.05, 0) is 31.5 Å². The first-order chi connectivity index (χ1) is 12.4. The molecule has 0 spiro atoms. The molecule has 3 aromatic rings. The van der Waals surface area contributed by atoms with Crippen molar-refractivity contribution in [3.63, 3.8) is 0 Å². The molecule has 0 saturated heterocycles. The van der Waals surface area contributed by atoms with Crippen LogP contribution in [0.25, 0.3) is 11.5 Å². The summed E-state index contributed by atoms with van der Waals surface area (Å²) in [4.78, 5) is 0. The Morgan fingerprint density at radius 3 is 2.50 bits per heavy atom. The van der Waals surface area contributed by atoms with Gasteiger partial charge in [0.25, 0.3) is 0 Å². The van der Waals surface area contributed by atoms with Crippen LogP contribution in [0.2, 0.25) is 0 Å². The van der Waals surface area contributed by atoms with Crippen molar-refractivity contribution in [3.8, 4) is 11.5 Å². The smallest absolute Gasteiger partial charge is 0.247 e. The van der Waals surface area contributed by atoms with Gasteiger partial charge < -0.3 is 4.42 Å². The third kappa shape index (κ3) is 5.00. The van der Waals surface area contributed by atoms with Gasteiger partial charge in [-0.2, -0.15) is 0 Å². The zero-order valence-electron chi connectivity index (χ0n) is 14.8. The van der Waals surface area contributed by atoms with E-state index in [1.165, 1.54) is 0 Å². The van der Waals surface area contributed by atoms with Crippen LogP contribution < -0.4 is 4.72 Å². The van der Waals surface area contributed by atoms with Crippen LogP contribution in [0.5, 0.6) is 0 Å². The van der Waals surface area contributed by atoms with Gasteiger partial charge in [0.1, 0.15) is 0 Å². The van der Waals surface area contributed by atoms with E-state index in [0.717, 1.165) is 22.3 Å². The van der Waals surface area contributed by atoms with Crippen molar-refractivity contribution in [1.29, 1.82) is 0 Å². The summed E-state index contributed by atoms with van der Waals surface area (Å²) in [5.74, 6) is 0.789. The summed E-state index contributed by atoms with van der Waals surface area (Å²) in [7, 11) is -3.41. The van der Waals surface area contributed by atoms with Gasteiger partial charge in [0, 0.05) is 18.5 Å². The third-order valence-corrected chi connectivity index (χ3v) is 5.23. The molecule has 1 heterocycles. The van der Waals surface area contributed by atoms with Crippen molar-refractivity contribution >= 4 is 10.0 Å². The van der Waals surface area contributed by atoms with Crippen LogP contribution in [0.1, 0.15) is 22.6 Å². The molecule has 0 unspecified atom stereocenters. The van der Waals surface area contributed by atoms with E-state index in [1.54, 1.807) is 0 Å². The average Bonchev–Trinajstić information content (AvgIpc) is 3.05. The highest BCUT2D eigenvalue weighted by molar-refractivity contribution is 7.88. The lowest BCUT2D eigenvalue weighted by molar-refractivity contribution is 0.502. The van der Waals surface area contributed by atoms with Crippen molar-refractivity contribution in [2.24, 2.45) is 0 Å². The predicted octanol–water partition coefficient (Wildman–Crippen LogP) is 3.02. The fourth-order valence-electron chi connectivity index (χ4n) is 2.52. The standard InChI is InChI=1S/C19H21N3O3S/c1-14-6-8-16(9-7-14)13-26(23,24)20-11-10-18-21-22-19(25-18)17-5-3-4-15(2)12-17/h3-9,12,20H,10-11,13H2,1-2H3. The van der Waals surface area contributed by atoms with Gasteiger partial charge >= 0.3 is 0 Å². The molecule has 26 heavy (non-hydrogen) atoms. The Kier molecular flexibility index (Phi) is 5.49. The first-order valence-corrected chi connectivity index (χ1v) is 9.99. The minimum atomic E-state index is -3.41. The summed E-state index contributed by atoms with van der Waals surface area (Å²) in [6.07, 6.45) is 0.339. The Morgan fingerprint density at radius 2 is 1.77 bits per heavy atom. The average molecular weight is 371 g/mol. The lowest BCUT2D eigenvalue weighted by Gasteiger charge is -2.06. The second-order valence-electron chi connectivity index (χ2n) is 6.26. The highest BCUT2D eigenvalue weighted by Crippen LogP contribution is 2.18. The number of aromatic nitrogens is 2. The Labute approximate surface area is 153 Å². The first kappa shape index (κ1) is 18.3. The molecule has 0 amide bonds. The van der Waals surface area contributed by atoms with Crippen molar-refractivity contribution in [1.82, 2.24) is 14.9 Å².